The summed E-state index contributed by atoms with van der Waals surface area (Å²) in [5.74, 6) is -0.102. The molecular weight excluding hydrogens is 351 g/mol. The maximum Gasteiger partial charge on any atom is 0.522 e. The van der Waals surface area contributed by atoms with Crippen molar-refractivity contribution in [3.63, 3.8) is 0 Å². The van der Waals surface area contributed by atoms with Gasteiger partial charge in [0.25, 0.3) is 10.1 Å². The van der Waals surface area contributed by atoms with Crippen LogP contribution in [-0.4, -0.2) is 61.2 Å². The highest BCUT2D eigenvalue weighted by atomic mass is 32.2. The summed E-state index contributed by atoms with van der Waals surface area (Å²) in [5.41, 5.74) is -5.53. The predicted molar refractivity (Wildman–Crippen MR) is 73.5 cm³/mol. The van der Waals surface area contributed by atoms with Crippen LogP contribution in [0.2, 0.25) is 0 Å². The van der Waals surface area contributed by atoms with E-state index in [-0.39, 0.29) is 5.75 Å². The zero-order chi connectivity index (χ0) is 17.6. The fraction of sp³-hybridized carbons (Fsp3) is 1.00. The van der Waals surface area contributed by atoms with E-state index in [1.54, 1.807) is 0 Å². The third kappa shape index (κ3) is 9.56. The Balaban J connectivity index is 0.000000472. The maximum absolute atomic E-state index is 10.7. The first-order valence-corrected chi connectivity index (χ1v) is 9.52. The largest absolute Gasteiger partial charge is 0.522 e. The SMILES string of the molecule is CC1CCCN1CCCCS(=O)(=O)O.O=S(=O)(O)C(F)(F)F. The van der Waals surface area contributed by atoms with Crippen molar-refractivity contribution in [1.82, 2.24) is 4.90 Å². The van der Waals surface area contributed by atoms with Crippen molar-refractivity contribution >= 4 is 20.2 Å². The molecule has 1 aliphatic rings. The summed E-state index contributed by atoms with van der Waals surface area (Å²) in [7, 11) is -9.59. The summed E-state index contributed by atoms with van der Waals surface area (Å²) in [6, 6.07) is 0.640. The van der Waals surface area contributed by atoms with Gasteiger partial charge in [-0.15, -0.1) is 0 Å². The van der Waals surface area contributed by atoms with Gasteiger partial charge in [-0.1, -0.05) is 0 Å². The number of hydrogen-bond donors (Lipinski definition) is 2. The Morgan fingerprint density at radius 1 is 1.14 bits per heavy atom. The molecule has 1 atom stereocenters. The van der Waals surface area contributed by atoms with Crippen molar-refractivity contribution in [3.8, 4) is 0 Å². The fourth-order valence-corrected chi connectivity index (χ4v) is 2.49. The molecule has 0 spiro atoms. The molecule has 0 radical (unpaired) electrons. The van der Waals surface area contributed by atoms with Crippen LogP contribution in [0.15, 0.2) is 0 Å². The maximum atomic E-state index is 10.7. The van der Waals surface area contributed by atoms with Gasteiger partial charge < -0.3 is 4.90 Å². The third-order valence-electron chi connectivity index (χ3n) is 3.08. The minimum absolute atomic E-state index is 0.102. The molecule has 1 rings (SSSR count). The summed E-state index contributed by atoms with van der Waals surface area (Å²) in [5, 5.41) is 0. The quantitative estimate of drug-likeness (QED) is 0.428. The third-order valence-corrected chi connectivity index (χ3v) is 4.47. The van der Waals surface area contributed by atoms with E-state index in [1.807, 2.05) is 0 Å². The van der Waals surface area contributed by atoms with E-state index in [0.717, 1.165) is 19.5 Å². The van der Waals surface area contributed by atoms with E-state index in [4.69, 9.17) is 17.5 Å². The molecule has 134 valence electrons. The van der Waals surface area contributed by atoms with Crippen LogP contribution in [0, 0.1) is 0 Å². The molecule has 1 unspecified atom stereocenters. The van der Waals surface area contributed by atoms with Crippen LogP contribution < -0.4 is 0 Å². The van der Waals surface area contributed by atoms with Crippen molar-refractivity contribution < 1.29 is 39.1 Å². The van der Waals surface area contributed by atoms with Gasteiger partial charge in [-0.25, -0.2) is 0 Å². The molecule has 1 fully saturated rings. The highest BCUT2D eigenvalue weighted by Crippen LogP contribution is 2.20. The lowest BCUT2D eigenvalue weighted by molar-refractivity contribution is -0.0510. The normalized spacial score (nSPS) is 20.5. The summed E-state index contributed by atoms with van der Waals surface area (Å²) in [6.45, 7) is 4.29. The van der Waals surface area contributed by atoms with Crippen LogP contribution in [0.4, 0.5) is 13.2 Å². The molecule has 0 saturated carbocycles. The molecule has 0 aromatic rings. The fourth-order valence-electron chi connectivity index (χ4n) is 1.92. The summed E-state index contributed by atoms with van der Waals surface area (Å²) in [4.78, 5) is 2.38. The summed E-state index contributed by atoms with van der Waals surface area (Å²) >= 11 is 0. The highest BCUT2D eigenvalue weighted by Gasteiger charge is 2.44. The monoisotopic (exact) mass is 371 g/mol. The second-order valence-corrected chi connectivity index (χ2v) is 7.93. The number of rotatable bonds is 5. The average molecular weight is 371 g/mol. The molecule has 22 heavy (non-hydrogen) atoms. The lowest BCUT2D eigenvalue weighted by Gasteiger charge is -2.20. The standard InChI is InChI=1S/C9H19NO3S.CHF3O3S/c1-9-5-4-7-10(9)6-2-3-8-14(11,12)13;2-1(3,4)8(5,6)7/h9H,2-8H2,1H3,(H,11,12,13);(H,5,6,7). The minimum Gasteiger partial charge on any atom is -0.301 e. The van der Waals surface area contributed by atoms with Crippen molar-refractivity contribution in [3.05, 3.63) is 0 Å². The van der Waals surface area contributed by atoms with Gasteiger partial charge in [-0.2, -0.15) is 30.0 Å². The number of nitrogens with zero attached hydrogens (tertiary/aromatic N) is 1. The molecule has 0 amide bonds. The van der Waals surface area contributed by atoms with E-state index < -0.39 is 25.7 Å². The van der Waals surface area contributed by atoms with E-state index in [2.05, 4.69) is 11.8 Å². The number of halogens is 3. The second-order valence-electron chi connectivity index (χ2n) is 4.94. The Morgan fingerprint density at radius 2 is 1.64 bits per heavy atom. The zero-order valence-electron chi connectivity index (χ0n) is 12.0. The zero-order valence-corrected chi connectivity index (χ0v) is 13.6. The van der Waals surface area contributed by atoms with Crippen LogP contribution in [0.25, 0.3) is 0 Å². The Labute approximate surface area is 128 Å². The van der Waals surface area contributed by atoms with Gasteiger partial charge in [-0.05, 0) is 45.7 Å². The van der Waals surface area contributed by atoms with E-state index in [0.29, 0.717) is 12.5 Å². The highest BCUT2D eigenvalue weighted by molar-refractivity contribution is 7.86. The van der Waals surface area contributed by atoms with Gasteiger partial charge in [0.2, 0.25) is 0 Å². The van der Waals surface area contributed by atoms with Crippen LogP contribution in [0.5, 0.6) is 0 Å². The molecular formula is C10H20F3NO6S2. The summed E-state index contributed by atoms with van der Waals surface area (Å²) < 4.78 is 86.9. The molecule has 12 heteroatoms. The molecule has 2 N–H and O–H groups in total. The first-order valence-electron chi connectivity index (χ1n) is 6.47. The molecule has 0 aliphatic carbocycles. The summed E-state index contributed by atoms with van der Waals surface area (Å²) in [6.07, 6.45) is 3.91. The molecule has 1 saturated heterocycles. The molecule has 1 heterocycles. The molecule has 7 nitrogen and oxygen atoms in total. The van der Waals surface area contributed by atoms with Gasteiger partial charge in [0.1, 0.15) is 0 Å². The van der Waals surface area contributed by atoms with Crippen LogP contribution in [0.3, 0.4) is 0 Å². The van der Waals surface area contributed by atoms with E-state index >= 15 is 0 Å². The van der Waals surface area contributed by atoms with Gasteiger partial charge in [0.05, 0.1) is 5.75 Å². The topological polar surface area (TPSA) is 112 Å². The van der Waals surface area contributed by atoms with Crippen LogP contribution in [-0.2, 0) is 20.2 Å². The number of hydrogen-bond acceptors (Lipinski definition) is 5. The van der Waals surface area contributed by atoms with Crippen LogP contribution >= 0.6 is 0 Å². The van der Waals surface area contributed by atoms with Crippen molar-refractivity contribution in [2.24, 2.45) is 0 Å². The van der Waals surface area contributed by atoms with E-state index in [1.165, 1.54) is 12.8 Å². The molecule has 0 aromatic carbocycles. The molecule has 0 aromatic heterocycles. The van der Waals surface area contributed by atoms with Gasteiger partial charge in [0.15, 0.2) is 0 Å². The van der Waals surface area contributed by atoms with Crippen LogP contribution in [0.1, 0.15) is 32.6 Å². The molecule has 0 bridgehead atoms. The van der Waals surface area contributed by atoms with Gasteiger partial charge in [0, 0.05) is 6.04 Å². The lowest BCUT2D eigenvalue weighted by Crippen LogP contribution is -2.28. The number of likely N-dealkylation sites (tertiary alicyclic amines) is 1. The van der Waals surface area contributed by atoms with Crippen molar-refractivity contribution in [2.45, 2.75) is 44.2 Å². The Bertz CT molecular complexity index is 531. The minimum atomic E-state index is -5.84. The van der Waals surface area contributed by atoms with Crippen molar-refractivity contribution in [1.29, 1.82) is 0 Å². The average Bonchev–Trinajstić information content (AvgIpc) is 2.67. The number of alkyl halides is 3. The van der Waals surface area contributed by atoms with Crippen molar-refractivity contribution in [2.75, 3.05) is 18.8 Å². The Kier molecular flexibility index (Phi) is 8.27. The lowest BCUT2D eigenvalue weighted by atomic mass is 10.2. The second kappa shape index (κ2) is 8.43. The first-order chi connectivity index (χ1) is 9.74. The van der Waals surface area contributed by atoms with Gasteiger partial charge in [-0.3, -0.25) is 9.11 Å². The number of unbranched alkanes of at least 4 members (excludes halogenated alkanes) is 1. The first kappa shape index (κ1) is 21.6. The Hall–Kier alpha value is -0.430. The van der Waals surface area contributed by atoms with E-state index in [9.17, 15) is 21.6 Å². The predicted octanol–water partition coefficient (Wildman–Crippen LogP) is 1.53. The smallest absolute Gasteiger partial charge is 0.301 e. The molecule has 1 aliphatic heterocycles. The Morgan fingerprint density at radius 3 is 1.95 bits per heavy atom. The van der Waals surface area contributed by atoms with Gasteiger partial charge >= 0.3 is 15.6 Å².